The molecule has 0 fully saturated rings. The van der Waals surface area contributed by atoms with E-state index >= 15 is 0 Å². The van der Waals surface area contributed by atoms with Crippen LogP contribution in [-0.4, -0.2) is 17.3 Å². The van der Waals surface area contributed by atoms with E-state index < -0.39 is 0 Å². The zero-order chi connectivity index (χ0) is 18.5. The molecule has 1 aromatic heterocycles. The third-order valence-corrected chi connectivity index (χ3v) is 4.45. The van der Waals surface area contributed by atoms with Crippen molar-refractivity contribution in [1.82, 2.24) is 10.1 Å². The topological polar surface area (TPSA) is 48.2 Å². The highest BCUT2D eigenvalue weighted by atomic mass is 16.5. The summed E-state index contributed by atoms with van der Waals surface area (Å²) in [5.74, 6) is 2.21. The van der Waals surface area contributed by atoms with Crippen LogP contribution in [0.1, 0.15) is 22.8 Å². The van der Waals surface area contributed by atoms with Crippen LogP contribution >= 0.6 is 0 Å². The van der Waals surface area contributed by atoms with E-state index in [-0.39, 0.29) is 0 Å². The molecule has 0 saturated heterocycles. The predicted molar refractivity (Wildman–Crippen MR) is 105 cm³/mol. The summed E-state index contributed by atoms with van der Waals surface area (Å²) in [7, 11) is 1.67. The number of benzene rings is 3. The Balaban J connectivity index is 1.42. The maximum Gasteiger partial charge on any atom is 0.231 e. The summed E-state index contributed by atoms with van der Waals surface area (Å²) in [6, 6.07) is 26.6. The molecule has 4 nitrogen and oxygen atoms in total. The molecule has 4 heteroatoms. The van der Waals surface area contributed by atoms with Crippen molar-refractivity contribution in [2.75, 3.05) is 7.11 Å². The molecule has 134 valence electrons. The second-order valence-corrected chi connectivity index (χ2v) is 6.37. The highest BCUT2D eigenvalue weighted by Crippen LogP contribution is 2.23. The van der Waals surface area contributed by atoms with Crippen LogP contribution < -0.4 is 4.74 Å². The Morgan fingerprint density at radius 1 is 0.741 bits per heavy atom. The number of hydrogen-bond acceptors (Lipinski definition) is 4. The number of methoxy groups -OCH3 is 1. The van der Waals surface area contributed by atoms with Gasteiger partial charge in [0.2, 0.25) is 5.89 Å². The lowest BCUT2D eigenvalue weighted by Gasteiger charge is -2.05. The maximum atomic E-state index is 5.41. The lowest BCUT2D eigenvalue weighted by molar-refractivity contribution is 0.380. The van der Waals surface area contributed by atoms with E-state index in [9.17, 15) is 0 Å². The first-order chi connectivity index (χ1) is 13.3. The summed E-state index contributed by atoms with van der Waals surface area (Å²) >= 11 is 0. The molecule has 0 aliphatic rings. The molecule has 0 radical (unpaired) electrons. The molecule has 3 aromatic carbocycles. The quantitative estimate of drug-likeness (QED) is 0.492. The second-order valence-electron chi connectivity index (χ2n) is 6.37. The van der Waals surface area contributed by atoms with Crippen molar-refractivity contribution < 1.29 is 9.26 Å². The number of ether oxygens (including phenoxy) is 1. The molecular weight excluding hydrogens is 336 g/mol. The minimum atomic E-state index is 0.630. The molecule has 0 bridgehead atoms. The normalized spacial score (nSPS) is 10.7. The summed E-state index contributed by atoms with van der Waals surface area (Å²) in [5, 5.41) is 4.09. The van der Waals surface area contributed by atoms with Gasteiger partial charge in [0.05, 0.1) is 13.5 Å². The first-order valence-electron chi connectivity index (χ1n) is 8.89. The van der Waals surface area contributed by atoms with Gasteiger partial charge in [0.15, 0.2) is 5.82 Å². The van der Waals surface area contributed by atoms with Crippen molar-refractivity contribution in [2.24, 2.45) is 0 Å². The smallest absolute Gasteiger partial charge is 0.231 e. The zero-order valence-corrected chi connectivity index (χ0v) is 15.1. The molecule has 0 aliphatic heterocycles. The Hall–Kier alpha value is -3.40. The van der Waals surface area contributed by atoms with E-state index in [1.54, 1.807) is 7.11 Å². The van der Waals surface area contributed by atoms with Gasteiger partial charge in [-0.3, -0.25) is 0 Å². The van der Waals surface area contributed by atoms with Crippen LogP contribution in [0.4, 0.5) is 0 Å². The van der Waals surface area contributed by atoms with Gasteiger partial charge in [-0.2, -0.15) is 4.98 Å². The molecule has 1 heterocycles. The maximum absolute atomic E-state index is 5.41. The fraction of sp³-hybridized carbons (Fsp3) is 0.130. The lowest BCUT2D eigenvalue weighted by atomic mass is 10.0. The van der Waals surface area contributed by atoms with Crippen LogP contribution in [0.3, 0.4) is 0 Å². The largest absolute Gasteiger partial charge is 0.497 e. The van der Waals surface area contributed by atoms with Crippen LogP contribution in [0.15, 0.2) is 83.4 Å². The standard InChI is InChI=1S/C23H20N2O2/c1-26-21-13-11-20(12-14-21)19-9-7-18(8-10-19)16-23-24-22(25-27-23)15-17-5-3-2-4-6-17/h2-14H,15-16H2,1H3. The number of rotatable bonds is 6. The third-order valence-electron chi connectivity index (χ3n) is 4.45. The Morgan fingerprint density at radius 3 is 2.04 bits per heavy atom. The highest BCUT2D eigenvalue weighted by molar-refractivity contribution is 5.64. The summed E-state index contributed by atoms with van der Waals surface area (Å²) in [4.78, 5) is 4.51. The number of nitrogens with zero attached hydrogens (tertiary/aromatic N) is 2. The molecule has 0 saturated carbocycles. The van der Waals surface area contributed by atoms with Crippen molar-refractivity contribution >= 4 is 0 Å². The fourth-order valence-electron chi connectivity index (χ4n) is 2.99. The zero-order valence-electron chi connectivity index (χ0n) is 15.1. The Kier molecular flexibility index (Phi) is 4.97. The monoisotopic (exact) mass is 356 g/mol. The van der Waals surface area contributed by atoms with Gasteiger partial charge in [-0.15, -0.1) is 0 Å². The van der Waals surface area contributed by atoms with Crippen molar-refractivity contribution in [3.8, 4) is 16.9 Å². The Bertz CT molecular complexity index is 991. The van der Waals surface area contributed by atoms with Gasteiger partial charge in [0.1, 0.15) is 5.75 Å². The molecule has 4 aromatic rings. The summed E-state index contributed by atoms with van der Waals surface area (Å²) in [6.07, 6.45) is 1.31. The van der Waals surface area contributed by atoms with Crippen LogP contribution in [-0.2, 0) is 12.8 Å². The van der Waals surface area contributed by atoms with Gasteiger partial charge in [0, 0.05) is 6.42 Å². The highest BCUT2D eigenvalue weighted by Gasteiger charge is 2.08. The predicted octanol–water partition coefficient (Wildman–Crippen LogP) is 4.93. The van der Waals surface area contributed by atoms with Gasteiger partial charge in [-0.05, 0) is 34.4 Å². The van der Waals surface area contributed by atoms with Gasteiger partial charge < -0.3 is 9.26 Å². The second kappa shape index (κ2) is 7.87. The first kappa shape index (κ1) is 17.0. The average Bonchev–Trinajstić information content (AvgIpc) is 3.16. The van der Waals surface area contributed by atoms with E-state index in [2.05, 4.69) is 58.7 Å². The average molecular weight is 356 g/mol. The minimum absolute atomic E-state index is 0.630. The minimum Gasteiger partial charge on any atom is -0.497 e. The van der Waals surface area contributed by atoms with Crippen molar-refractivity contribution in [3.05, 3.63) is 102 Å². The molecule has 4 rings (SSSR count). The molecule has 0 unspecified atom stereocenters. The van der Waals surface area contributed by atoms with Gasteiger partial charge in [-0.25, -0.2) is 0 Å². The molecule has 0 aliphatic carbocycles. The third kappa shape index (κ3) is 4.23. The van der Waals surface area contributed by atoms with E-state index in [0.29, 0.717) is 24.6 Å². The van der Waals surface area contributed by atoms with E-state index in [4.69, 9.17) is 9.26 Å². The van der Waals surface area contributed by atoms with Crippen LogP contribution in [0.25, 0.3) is 11.1 Å². The molecule has 0 N–H and O–H groups in total. The number of aromatic nitrogens is 2. The van der Waals surface area contributed by atoms with Gasteiger partial charge in [0.25, 0.3) is 0 Å². The van der Waals surface area contributed by atoms with Crippen molar-refractivity contribution in [1.29, 1.82) is 0 Å². The number of hydrogen-bond donors (Lipinski definition) is 0. The van der Waals surface area contributed by atoms with Gasteiger partial charge in [-0.1, -0.05) is 71.9 Å². The Labute approximate surface area is 158 Å². The van der Waals surface area contributed by atoms with Crippen molar-refractivity contribution in [2.45, 2.75) is 12.8 Å². The molecular formula is C23H20N2O2. The van der Waals surface area contributed by atoms with E-state index in [0.717, 1.165) is 22.4 Å². The molecule has 0 spiro atoms. The fourth-order valence-corrected chi connectivity index (χ4v) is 2.99. The van der Waals surface area contributed by atoms with Crippen LogP contribution in [0.5, 0.6) is 5.75 Å². The summed E-state index contributed by atoms with van der Waals surface area (Å²) < 4.78 is 10.6. The first-order valence-corrected chi connectivity index (χ1v) is 8.89. The lowest BCUT2D eigenvalue weighted by Crippen LogP contribution is -1.92. The van der Waals surface area contributed by atoms with E-state index in [1.807, 2.05) is 30.3 Å². The van der Waals surface area contributed by atoms with Crippen LogP contribution in [0, 0.1) is 0 Å². The SMILES string of the molecule is COc1ccc(-c2ccc(Cc3nc(Cc4ccccc4)no3)cc2)cc1. The molecule has 27 heavy (non-hydrogen) atoms. The summed E-state index contributed by atoms with van der Waals surface area (Å²) in [5.41, 5.74) is 4.64. The molecule has 0 amide bonds. The van der Waals surface area contributed by atoms with Gasteiger partial charge >= 0.3 is 0 Å². The Morgan fingerprint density at radius 2 is 1.37 bits per heavy atom. The van der Waals surface area contributed by atoms with E-state index in [1.165, 1.54) is 5.56 Å². The van der Waals surface area contributed by atoms with Crippen LogP contribution in [0.2, 0.25) is 0 Å². The molecule has 0 atom stereocenters. The summed E-state index contributed by atoms with van der Waals surface area (Å²) in [6.45, 7) is 0. The van der Waals surface area contributed by atoms with Crippen molar-refractivity contribution in [3.63, 3.8) is 0 Å².